The number of nitrogens with two attached hydrogens (primary N) is 1. The highest BCUT2D eigenvalue weighted by molar-refractivity contribution is 9.10. The SMILES string of the molecule is CCOC(=O)C(N)c1cccc(Br)c1.Cl. The van der Waals surface area contributed by atoms with Gasteiger partial charge in [0.05, 0.1) is 6.61 Å². The van der Waals surface area contributed by atoms with E-state index in [1.54, 1.807) is 13.0 Å². The molecule has 2 N–H and O–H groups in total. The molecule has 1 aromatic rings. The molecule has 0 fully saturated rings. The van der Waals surface area contributed by atoms with Gasteiger partial charge in [-0.25, -0.2) is 4.79 Å². The lowest BCUT2D eigenvalue weighted by atomic mass is 10.1. The summed E-state index contributed by atoms with van der Waals surface area (Å²) in [5, 5.41) is 0. The van der Waals surface area contributed by atoms with Crippen LogP contribution in [0.1, 0.15) is 18.5 Å². The highest BCUT2D eigenvalue weighted by Crippen LogP contribution is 2.17. The number of hydrogen-bond acceptors (Lipinski definition) is 3. The van der Waals surface area contributed by atoms with Gasteiger partial charge in [-0.3, -0.25) is 0 Å². The average Bonchev–Trinajstić information content (AvgIpc) is 2.17. The van der Waals surface area contributed by atoms with Gasteiger partial charge < -0.3 is 10.5 Å². The number of hydrogen-bond donors (Lipinski definition) is 1. The van der Waals surface area contributed by atoms with Crippen molar-refractivity contribution in [2.45, 2.75) is 13.0 Å². The standard InChI is InChI=1S/C10H12BrNO2.ClH/c1-2-14-10(13)9(12)7-4-3-5-8(11)6-7;/h3-6,9H,2,12H2,1H3;1H. The lowest BCUT2D eigenvalue weighted by Crippen LogP contribution is -2.23. The Bertz CT molecular complexity index is 333. The summed E-state index contributed by atoms with van der Waals surface area (Å²) >= 11 is 3.31. The zero-order valence-corrected chi connectivity index (χ0v) is 10.7. The molecule has 0 saturated heterocycles. The van der Waals surface area contributed by atoms with Gasteiger partial charge in [0.1, 0.15) is 6.04 Å². The monoisotopic (exact) mass is 293 g/mol. The van der Waals surface area contributed by atoms with Gasteiger partial charge in [0, 0.05) is 4.47 Å². The molecule has 0 heterocycles. The molecule has 0 aromatic heterocycles. The first kappa shape index (κ1) is 14.4. The van der Waals surface area contributed by atoms with E-state index in [0.29, 0.717) is 6.61 Å². The predicted molar refractivity (Wildman–Crippen MR) is 65.0 cm³/mol. The quantitative estimate of drug-likeness (QED) is 0.871. The van der Waals surface area contributed by atoms with Crippen LogP contribution in [0.2, 0.25) is 0 Å². The maximum absolute atomic E-state index is 11.3. The average molecular weight is 295 g/mol. The molecule has 3 nitrogen and oxygen atoms in total. The maximum Gasteiger partial charge on any atom is 0.327 e. The van der Waals surface area contributed by atoms with Gasteiger partial charge in [-0.15, -0.1) is 12.4 Å². The number of carbonyl (C=O) groups is 1. The van der Waals surface area contributed by atoms with Crippen LogP contribution in [0, 0.1) is 0 Å². The fourth-order valence-corrected chi connectivity index (χ4v) is 1.49. The highest BCUT2D eigenvalue weighted by Gasteiger charge is 2.16. The van der Waals surface area contributed by atoms with Crippen LogP contribution in [0.5, 0.6) is 0 Å². The van der Waals surface area contributed by atoms with Crippen molar-refractivity contribution in [3.63, 3.8) is 0 Å². The normalized spacial score (nSPS) is 11.4. The zero-order chi connectivity index (χ0) is 10.6. The Morgan fingerprint density at radius 1 is 1.60 bits per heavy atom. The third kappa shape index (κ3) is 4.20. The van der Waals surface area contributed by atoms with Crippen molar-refractivity contribution in [1.82, 2.24) is 0 Å². The van der Waals surface area contributed by atoms with Crippen molar-refractivity contribution in [3.05, 3.63) is 34.3 Å². The van der Waals surface area contributed by atoms with E-state index >= 15 is 0 Å². The summed E-state index contributed by atoms with van der Waals surface area (Å²) in [6.07, 6.45) is 0. The smallest absolute Gasteiger partial charge is 0.327 e. The van der Waals surface area contributed by atoms with Crippen LogP contribution in [-0.4, -0.2) is 12.6 Å². The molecule has 0 bridgehead atoms. The zero-order valence-electron chi connectivity index (χ0n) is 8.27. The van der Waals surface area contributed by atoms with Gasteiger partial charge >= 0.3 is 5.97 Å². The molecular formula is C10H13BrClNO2. The van der Waals surface area contributed by atoms with Crippen LogP contribution in [-0.2, 0) is 9.53 Å². The Hall–Kier alpha value is -0.580. The highest BCUT2D eigenvalue weighted by atomic mass is 79.9. The summed E-state index contributed by atoms with van der Waals surface area (Å²) in [6, 6.07) is 6.61. The van der Waals surface area contributed by atoms with Gasteiger partial charge in [0.15, 0.2) is 0 Å². The molecule has 1 atom stereocenters. The minimum Gasteiger partial charge on any atom is -0.465 e. The molecular weight excluding hydrogens is 281 g/mol. The largest absolute Gasteiger partial charge is 0.465 e. The lowest BCUT2D eigenvalue weighted by molar-refractivity contribution is -0.144. The van der Waals surface area contributed by atoms with Gasteiger partial charge in [-0.05, 0) is 24.6 Å². The Labute approximate surface area is 104 Å². The van der Waals surface area contributed by atoms with Gasteiger partial charge in [-0.2, -0.15) is 0 Å². The third-order valence-electron chi connectivity index (χ3n) is 1.75. The lowest BCUT2D eigenvalue weighted by Gasteiger charge is -2.10. The van der Waals surface area contributed by atoms with Crippen molar-refractivity contribution < 1.29 is 9.53 Å². The van der Waals surface area contributed by atoms with Crippen LogP contribution in [0.4, 0.5) is 0 Å². The van der Waals surface area contributed by atoms with E-state index in [0.717, 1.165) is 10.0 Å². The molecule has 0 saturated carbocycles. The molecule has 0 aliphatic rings. The fraction of sp³-hybridized carbons (Fsp3) is 0.300. The second-order valence-electron chi connectivity index (χ2n) is 2.78. The van der Waals surface area contributed by atoms with Crippen molar-refractivity contribution in [2.75, 3.05) is 6.61 Å². The summed E-state index contributed by atoms with van der Waals surface area (Å²) in [4.78, 5) is 11.3. The van der Waals surface area contributed by atoms with Crippen molar-refractivity contribution in [2.24, 2.45) is 5.73 Å². The van der Waals surface area contributed by atoms with Crippen LogP contribution >= 0.6 is 28.3 Å². The van der Waals surface area contributed by atoms with Crippen molar-refractivity contribution >= 4 is 34.3 Å². The second-order valence-corrected chi connectivity index (χ2v) is 3.70. The molecule has 0 amide bonds. The van der Waals surface area contributed by atoms with E-state index in [1.807, 2.05) is 18.2 Å². The van der Waals surface area contributed by atoms with E-state index in [2.05, 4.69) is 15.9 Å². The van der Waals surface area contributed by atoms with Gasteiger partial charge in [-0.1, -0.05) is 28.1 Å². The number of halogens is 2. The number of esters is 1. The van der Waals surface area contributed by atoms with Crippen LogP contribution < -0.4 is 5.73 Å². The van der Waals surface area contributed by atoms with E-state index in [4.69, 9.17) is 10.5 Å². The maximum atomic E-state index is 11.3. The van der Waals surface area contributed by atoms with Crippen molar-refractivity contribution in [1.29, 1.82) is 0 Å². The minimum atomic E-state index is -0.701. The molecule has 0 spiro atoms. The molecule has 1 aromatic carbocycles. The number of rotatable bonds is 3. The topological polar surface area (TPSA) is 52.3 Å². The van der Waals surface area contributed by atoms with E-state index in [-0.39, 0.29) is 12.4 Å². The van der Waals surface area contributed by atoms with Crippen LogP contribution in [0.15, 0.2) is 28.7 Å². The number of carbonyl (C=O) groups excluding carboxylic acids is 1. The number of benzene rings is 1. The molecule has 0 aliphatic heterocycles. The van der Waals surface area contributed by atoms with Gasteiger partial charge in [0.2, 0.25) is 0 Å². The minimum absolute atomic E-state index is 0. The van der Waals surface area contributed by atoms with Gasteiger partial charge in [0.25, 0.3) is 0 Å². The Kier molecular flexibility index (Phi) is 6.56. The Morgan fingerprint density at radius 2 is 2.27 bits per heavy atom. The second kappa shape index (κ2) is 6.82. The summed E-state index contributed by atoms with van der Waals surface area (Å²) in [6.45, 7) is 2.10. The molecule has 1 rings (SSSR count). The molecule has 0 aliphatic carbocycles. The first-order chi connectivity index (χ1) is 6.65. The fourth-order valence-electron chi connectivity index (χ4n) is 1.07. The van der Waals surface area contributed by atoms with Crippen molar-refractivity contribution in [3.8, 4) is 0 Å². The van der Waals surface area contributed by atoms with Crippen LogP contribution in [0.25, 0.3) is 0 Å². The molecule has 5 heteroatoms. The van der Waals surface area contributed by atoms with E-state index in [9.17, 15) is 4.79 Å². The third-order valence-corrected chi connectivity index (χ3v) is 2.24. The predicted octanol–water partition coefficient (Wildman–Crippen LogP) is 2.43. The summed E-state index contributed by atoms with van der Waals surface area (Å²) in [5.74, 6) is -0.398. The first-order valence-electron chi connectivity index (χ1n) is 4.33. The Morgan fingerprint density at radius 3 is 2.80 bits per heavy atom. The van der Waals surface area contributed by atoms with E-state index < -0.39 is 12.0 Å². The molecule has 84 valence electrons. The van der Waals surface area contributed by atoms with Crippen LogP contribution in [0.3, 0.4) is 0 Å². The number of ether oxygens (including phenoxy) is 1. The Balaban J connectivity index is 0.00000196. The van der Waals surface area contributed by atoms with E-state index in [1.165, 1.54) is 0 Å². The molecule has 1 unspecified atom stereocenters. The summed E-state index contributed by atoms with van der Waals surface area (Å²) < 4.78 is 5.72. The summed E-state index contributed by atoms with van der Waals surface area (Å²) in [5.41, 5.74) is 6.45. The first-order valence-corrected chi connectivity index (χ1v) is 5.12. The molecule has 15 heavy (non-hydrogen) atoms. The summed E-state index contributed by atoms with van der Waals surface area (Å²) in [7, 11) is 0. The molecule has 0 radical (unpaired) electrons.